The van der Waals surface area contributed by atoms with Gasteiger partial charge in [0.1, 0.15) is 5.82 Å². The molecule has 154 valence electrons. The van der Waals surface area contributed by atoms with Crippen LogP contribution in [0.25, 0.3) is 50.4 Å². The summed E-state index contributed by atoms with van der Waals surface area (Å²) in [6.07, 6.45) is 0. The summed E-state index contributed by atoms with van der Waals surface area (Å²) < 4.78 is 2.94. The van der Waals surface area contributed by atoms with E-state index in [1.54, 1.807) is 0 Å². The molecule has 0 aliphatic carbocycles. The van der Waals surface area contributed by atoms with Crippen molar-refractivity contribution in [3.05, 3.63) is 95.1 Å². The van der Waals surface area contributed by atoms with Gasteiger partial charge in [-0.3, -0.25) is 0 Å². The van der Waals surface area contributed by atoms with Crippen LogP contribution in [0.2, 0.25) is 0 Å². The Morgan fingerprint density at radius 3 is 2.38 bits per heavy atom. The van der Waals surface area contributed by atoms with Gasteiger partial charge in [-0.05, 0) is 49.4 Å². The number of nitrogens with zero attached hydrogens (tertiary/aromatic N) is 4. The highest BCUT2D eigenvalue weighted by Gasteiger charge is 2.19. The molecule has 0 unspecified atom stereocenters. The van der Waals surface area contributed by atoms with Crippen molar-refractivity contribution < 1.29 is 0 Å². The fraction of sp³-hybridized carbons (Fsp3) is 0.0385. The third-order valence-corrected chi connectivity index (χ3v) is 6.13. The Labute approximate surface area is 192 Å². The number of benzene rings is 3. The van der Waals surface area contributed by atoms with Crippen LogP contribution < -0.4 is 0 Å². The monoisotopic (exact) mass is 479 g/mol. The van der Waals surface area contributed by atoms with Gasteiger partial charge in [0.2, 0.25) is 0 Å². The topological polar surface area (TPSA) is 59.4 Å². The average molecular weight is 480 g/mol. The molecule has 0 radical (unpaired) electrons. The summed E-state index contributed by atoms with van der Waals surface area (Å²) in [6, 6.07) is 28.5. The molecule has 3 aromatic heterocycles. The highest BCUT2D eigenvalue weighted by molar-refractivity contribution is 9.10. The molecule has 6 heteroatoms. The first-order chi connectivity index (χ1) is 15.7. The molecule has 5 nitrogen and oxygen atoms in total. The van der Waals surface area contributed by atoms with Gasteiger partial charge in [-0.15, -0.1) is 0 Å². The number of hydrogen-bond acceptors (Lipinski definition) is 3. The van der Waals surface area contributed by atoms with Crippen molar-refractivity contribution in [2.75, 3.05) is 0 Å². The quantitative estimate of drug-likeness (QED) is 0.307. The normalized spacial score (nSPS) is 11.4. The third kappa shape index (κ3) is 3.11. The first-order valence-electron chi connectivity index (χ1n) is 10.3. The third-order valence-electron chi connectivity index (χ3n) is 5.61. The minimum Gasteiger partial charge on any atom is -0.338 e. The van der Waals surface area contributed by atoms with Crippen molar-refractivity contribution >= 4 is 38.0 Å². The molecule has 0 saturated heterocycles. The molecule has 3 aromatic carbocycles. The fourth-order valence-electron chi connectivity index (χ4n) is 4.02. The number of nitrogens with one attached hydrogen (secondary N) is 1. The van der Waals surface area contributed by atoms with E-state index in [0.29, 0.717) is 0 Å². The lowest BCUT2D eigenvalue weighted by molar-refractivity contribution is 0.878. The van der Waals surface area contributed by atoms with E-state index in [1.165, 1.54) is 0 Å². The van der Waals surface area contributed by atoms with E-state index >= 15 is 0 Å². The second-order valence-electron chi connectivity index (χ2n) is 7.70. The highest BCUT2D eigenvalue weighted by atomic mass is 79.9. The SMILES string of the molecule is Cc1nn(-c2ccccc2)c2nc(-c3ccc(Br)cc3)c(-c3nc4ccccc4[nH]3)cc12. The lowest BCUT2D eigenvalue weighted by atomic mass is 10.0. The summed E-state index contributed by atoms with van der Waals surface area (Å²) in [5.74, 6) is 0.797. The predicted molar refractivity (Wildman–Crippen MR) is 132 cm³/mol. The summed E-state index contributed by atoms with van der Waals surface area (Å²) >= 11 is 3.54. The Bertz CT molecular complexity index is 1550. The van der Waals surface area contributed by atoms with Gasteiger partial charge in [-0.2, -0.15) is 5.10 Å². The number of rotatable bonds is 3. The van der Waals surface area contributed by atoms with Gasteiger partial charge in [0.25, 0.3) is 0 Å². The van der Waals surface area contributed by atoms with Crippen LogP contribution in [0.5, 0.6) is 0 Å². The van der Waals surface area contributed by atoms with Gasteiger partial charge in [-0.25, -0.2) is 14.6 Å². The number of H-pyrrole nitrogens is 1. The van der Waals surface area contributed by atoms with Crippen molar-refractivity contribution in [3.63, 3.8) is 0 Å². The number of aromatic nitrogens is 5. The van der Waals surface area contributed by atoms with E-state index in [4.69, 9.17) is 15.1 Å². The standard InChI is InChI=1S/C26H18BrN5/c1-16-20-15-21(25-28-22-9-5-6-10-23(22)29-25)24(17-11-13-18(27)14-12-17)30-26(20)32(31-16)19-7-3-2-4-8-19/h2-15H,1H3,(H,28,29). The van der Waals surface area contributed by atoms with Crippen LogP contribution in [0.15, 0.2) is 89.4 Å². The van der Waals surface area contributed by atoms with Gasteiger partial charge < -0.3 is 4.98 Å². The van der Waals surface area contributed by atoms with Gasteiger partial charge >= 0.3 is 0 Å². The van der Waals surface area contributed by atoms with Crippen molar-refractivity contribution in [2.24, 2.45) is 0 Å². The van der Waals surface area contributed by atoms with Crippen molar-refractivity contribution in [1.82, 2.24) is 24.7 Å². The first kappa shape index (κ1) is 19.0. The van der Waals surface area contributed by atoms with Crippen LogP contribution in [-0.4, -0.2) is 24.7 Å². The lowest BCUT2D eigenvalue weighted by Crippen LogP contribution is -1.99. The van der Waals surface area contributed by atoms with Crippen LogP contribution >= 0.6 is 15.9 Å². The van der Waals surface area contributed by atoms with E-state index in [0.717, 1.165) is 60.6 Å². The Hall–Kier alpha value is -3.77. The molecule has 1 N–H and O–H groups in total. The second kappa shape index (κ2) is 7.43. The molecule has 3 heterocycles. The van der Waals surface area contributed by atoms with E-state index in [1.807, 2.05) is 78.3 Å². The molecule has 0 aliphatic heterocycles. The number of halogens is 1. The van der Waals surface area contributed by atoms with Crippen molar-refractivity contribution in [3.8, 4) is 28.3 Å². The molecule has 32 heavy (non-hydrogen) atoms. The molecule has 6 aromatic rings. The summed E-state index contributed by atoms with van der Waals surface area (Å²) in [5.41, 5.74) is 7.50. The molecule has 6 rings (SSSR count). The first-order valence-corrected chi connectivity index (χ1v) is 11.1. The molecule has 0 saturated carbocycles. The van der Waals surface area contributed by atoms with Gasteiger partial charge in [0, 0.05) is 21.0 Å². The second-order valence-corrected chi connectivity index (χ2v) is 8.61. The summed E-state index contributed by atoms with van der Waals surface area (Å²) in [7, 11) is 0. The van der Waals surface area contributed by atoms with E-state index in [2.05, 4.69) is 39.1 Å². The Balaban J connectivity index is 1.66. The number of pyridine rings is 1. The summed E-state index contributed by atoms with van der Waals surface area (Å²) in [5, 5.41) is 5.81. The van der Waals surface area contributed by atoms with E-state index < -0.39 is 0 Å². The average Bonchev–Trinajstić information content (AvgIpc) is 3.40. The minimum atomic E-state index is 0.797. The predicted octanol–water partition coefficient (Wildman–Crippen LogP) is 6.70. The number of hydrogen-bond donors (Lipinski definition) is 1. The minimum absolute atomic E-state index is 0.797. The number of fused-ring (bicyclic) bond motifs is 2. The van der Waals surface area contributed by atoms with Gasteiger partial charge in [0.05, 0.1) is 28.1 Å². The van der Waals surface area contributed by atoms with Gasteiger partial charge in [-0.1, -0.05) is 58.4 Å². The Morgan fingerprint density at radius 2 is 1.59 bits per heavy atom. The number of para-hydroxylation sites is 3. The number of imidazole rings is 1. The lowest BCUT2D eigenvalue weighted by Gasteiger charge is -2.10. The zero-order chi connectivity index (χ0) is 21.7. The molecular weight excluding hydrogens is 462 g/mol. The highest BCUT2D eigenvalue weighted by Crippen LogP contribution is 2.35. The largest absolute Gasteiger partial charge is 0.338 e. The maximum Gasteiger partial charge on any atom is 0.163 e. The molecule has 0 aliphatic rings. The van der Waals surface area contributed by atoms with Crippen LogP contribution in [-0.2, 0) is 0 Å². The number of aryl methyl sites for hydroxylation is 1. The van der Waals surface area contributed by atoms with Crippen molar-refractivity contribution in [2.45, 2.75) is 6.92 Å². The smallest absolute Gasteiger partial charge is 0.163 e. The zero-order valence-electron chi connectivity index (χ0n) is 17.2. The molecule has 0 fully saturated rings. The summed E-state index contributed by atoms with van der Waals surface area (Å²) in [4.78, 5) is 13.5. The molecular formula is C26H18BrN5. The van der Waals surface area contributed by atoms with Crippen LogP contribution in [0.3, 0.4) is 0 Å². The van der Waals surface area contributed by atoms with Gasteiger partial charge in [0.15, 0.2) is 5.65 Å². The maximum atomic E-state index is 5.14. The van der Waals surface area contributed by atoms with E-state index in [9.17, 15) is 0 Å². The molecule has 0 atom stereocenters. The van der Waals surface area contributed by atoms with Crippen LogP contribution in [0, 0.1) is 6.92 Å². The zero-order valence-corrected chi connectivity index (χ0v) is 18.8. The molecule has 0 bridgehead atoms. The fourth-order valence-corrected chi connectivity index (χ4v) is 4.28. The van der Waals surface area contributed by atoms with Crippen LogP contribution in [0.1, 0.15) is 5.69 Å². The Kier molecular flexibility index (Phi) is 4.40. The number of aromatic amines is 1. The summed E-state index contributed by atoms with van der Waals surface area (Å²) in [6.45, 7) is 2.02. The van der Waals surface area contributed by atoms with E-state index in [-0.39, 0.29) is 0 Å². The Morgan fingerprint density at radius 1 is 0.844 bits per heavy atom. The van der Waals surface area contributed by atoms with Crippen LogP contribution in [0.4, 0.5) is 0 Å². The maximum absolute atomic E-state index is 5.14. The molecule has 0 spiro atoms. The molecule has 0 amide bonds. The van der Waals surface area contributed by atoms with Crippen molar-refractivity contribution in [1.29, 1.82) is 0 Å².